The van der Waals surface area contributed by atoms with Gasteiger partial charge in [0.05, 0.1) is 6.61 Å². The molecule has 0 spiro atoms. The zero-order valence-corrected chi connectivity index (χ0v) is 8.91. The van der Waals surface area contributed by atoms with E-state index in [2.05, 4.69) is 5.32 Å². The molecule has 1 aromatic carbocycles. The second kappa shape index (κ2) is 6.92. The summed E-state index contributed by atoms with van der Waals surface area (Å²) in [6, 6.07) is 6.26. The quantitative estimate of drug-likeness (QED) is 0.662. The van der Waals surface area contributed by atoms with Crippen LogP contribution < -0.4 is 11.1 Å². The molecule has 0 radical (unpaired) electrons. The lowest BCUT2D eigenvalue weighted by atomic mass is 10.2. The van der Waals surface area contributed by atoms with Crippen LogP contribution in [0.5, 0.6) is 0 Å². The van der Waals surface area contributed by atoms with E-state index >= 15 is 0 Å². The number of rotatable bonds is 7. The van der Waals surface area contributed by atoms with Gasteiger partial charge in [-0.05, 0) is 17.7 Å². The number of amides is 1. The Morgan fingerprint density at radius 2 is 2.06 bits per heavy atom. The monoisotopic (exact) mass is 226 g/mol. The molecule has 1 amide bonds. The van der Waals surface area contributed by atoms with E-state index in [1.807, 2.05) is 0 Å². The molecule has 0 aromatic heterocycles. The summed E-state index contributed by atoms with van der Waals surface area (Å²) in [5.74, 6) is -0.716. The van der Waals surface area contributed by atoms with E-state index in [1.165, 1.54) is 12.1 Å². The van der Waals surface area contributed by atoms with Crippen LogP contribution >= 0.6 is 0 Å². The van der Waals surface area contributed by atoms with Crippen molar-refractivity contribution < 1.29 is 13.9 Å². The van der Waals surface area contributed by atoms with E-state index in [0.29, 0.717) is 19.7 Å². The van der Waals surface area contributed by atoms with E-state index in [0.717, 1.165) is 5.56 Å². The van der Waals surface area contributed by atoms with Gasteiger partial charge in [-0.3, -0.25) is 4.79 Å². The van der Waals surface area contributed by atoms with Crippen LogP contribution in [0.4, 0.5) is 4.39 Å². The topological polar surface area (TPSA) is 64.4 Å². The number of carbonyl (C=O) groups excluding carboxylic acids is 1. The molecule has 1 aromatic rings. The molecule has 3 N–H and O–H groups in total. The largest absolute Gasteiger partial charge is 0.370 e. The number of nitrogens with one attached hydrogen (secondary N) is 1. The Morgan fingerprint density at radius 1 is 1.38 bits per heavy atom. The lowest BCUT2D eigenvalue weighted by molar-refractivity contribution is -0.122. The molecule has 4 nitrogen and oxygen atoms in total. The van der Waals surface area contributed by atoms with Crippen LogP contribution in [0.1, 0.15) is 5.56 Å². The Bertz CT molecular complexity index is 327. The Hall–Kier alpha value is -1.46. The summed E-state index contributed by atoms with van der Waals surface area (Å²) in [6.45, 7) is 1.62. The van der Waals surface area contributed by atoms with E-state index in [1.54, 1.807) is 12.1 Å². The van der Waals surface area contributed by atoms with Crippen LogP contribution in [0.25, 0.3) is 0 Å². The van der Waals surface area contributed by atoms with Gasteiger partial charge in [0.2, 0.25) is 5.91 Å². The summed E-state index contributed by atoms with van der Waals surface area (Å²) < 4.78 is 17.5. The minimum absolute atomic E-state index is 0.0573. The van der Waals surface area contributed by atoms with Crippen LogP contribution in [0, 0.1) is 5.82 Å². The minimum atomic E-state index is -0.474. The standard InChI is InChI=1S/C11H15FN2O2/c12-10-3-1-9(2-4-10)7-14-5-6-16-8-11(13)15/h1-4,14H,5-8H2,(H2,13,15). The van der Waals surface area contributed by atoms with E-state index in [-0.39, 0.29) is 12.4 Å². The van der Waals surface area contributed by atoms with Crippen molar-refractivity contribution in [2.24, 2.45) is 5.73 Å². The molecule has 88 valence electrons. The van der Waals surface area contributed by atoms with Crippen LogP contribution in [-0.4, -0.2) is 25.7 Å². The molecule has 16 heavy (non-hydrogen) atoms. The average Bonchev–Trinajstić information content (AvgIpc) is 2.25. The lowest BCUT2D eigenvalue weighted by Crippen LogP contribution is -2.23. The summed E-state index contributed by atoms with van der Waals surface area (Å²) in [4.78, 5) is 10.3. The highest BCUT2D eigenvalue weighted by molar-refractivity contribution is 5.74. The fraction of sp³-hybridized carbons (Fsp3) is 0.364. The Labute approximate surface area is 93.6 Å². The smallest absolute Gasteiger partial charge is 0.243 e. The molecule has 0 saturated carbocycles. The lowest BCUT2D eigenvalue weighted by Gasteiger charge is -2.05. The highest BCUT2D eigenvalue weighted by Gasteiger charge is 1.95. The van der Waals surface area contributed by atoms with Crippen molar-refractivity contribution in [2.75, 3.05) is 19.8 Å². The van der Waals surface area contributed by atoms with Crippen molar-refractivity contribution in [2.45, 2.75) is 6.54 Å². The van der Waals surface area contributed by atoms with Crippen molar-refractivity contribution in [1.29, 1.82) is 0 Å². The number of hydrogen-bond acceptors (Lipinski definition) is 3. The maximum atomic E-state index is 12.6. The first-order chi connectivity index (χ1) is 7.68. The first kappa shape index (κ1) is 12.6. The van der Waals surface area contributed by atoms with Crippen molar-refractivity contribution >= 4 is 5.91 Å². The van der Waals surface area contributed by atoms with Gasteiger partial charge in [-0.15, -0.1) is 0 Å². The van der Waals surface area contributed by atoms with Crippen molar-refractivity contribution in [1.82, 2.24) is 5.32 Å². The van der Waals surface area contributed by atoms with E-state index < -0.39 is 5.91 Å². The van der Waals surface area contributed by atoms with Crippen molar-refractivity contribution in [3.05, 3.63) is 35.6 Å². The Morgan fingerprint density at radius 3 is 2.69 bits per heavy atom. The number of primary amides is 1. The summed E-state index contributed by atoms with van der Waals surface area (Å²) in [7, 11) is 0. The molecule has 1 rings (SSSR count). The van der Waals surface area contributed by atoms with Gasteiger partial charge < -0.3 is 15.8 Å². The molecule has 0 heterocycles. The van der Waals surface area contributed by atoms with Gasteiger partial charge in [0.1, 0.15) is 12.4 Å². The SMILES string of the molecule is NC(=O)COCCNCc1ccc(F)cc1. The molecule has 0 bridgehead atoms. The van der Waals surface area contributed by atoms with Crippen molar-refractivity contribution in [3.8, 4) is 0 Å². The summed E-state index contributed by atoms with van der Waals surface area (Å²) in [6.07, 6.45) is 0. The molecule has 5 heteroatoms. The predicted molar refractivity (Wildman–Crippen MR) is 58.1 cm³/mol. The Kier molecular flexibility index (Phi) is 5.45. The fourth-order valence-electron chi connectivity index (χ4n) is 1.15. The van der Waals surface area contributed by atoms with Gasteiger partial charge in [-0.1, -0.05) is 12.1 Å². The summed E-state index contributed by atoms with van der Waals surface area (Å²) >= 11 is 0. The highest BCUT2D eigenvalue weighted by atomic mass is 19.1. The Balaban J connectivity index is 2.07. The first-order valence-corrected chi connectivity index (χ1v) is 4.99. The number of hydrogen-bond donors (Lipinski definition) is 2. The third-order valence-electron chi connectivity index (χ3n) is 1.91. The fourth-order valence-corrected chi connectivity index (χ4v) is 1.15. The summed E-state index contributed by atoms with van der Waals surface area (Å²) in [5.41, 5.74) is 5.89. The van der Waals surface area contributed by atoms with Gasteiger partial charge in [0.25, 0.3) is 0 Å². The number of nitrogens with two attached hydrogens (primary N) is 1. The molecular weight excluding hydrogens is 211 g/mol. The third-order valence-corrected chi connectivity index (χ3v) is 1.91. The maximum Gasteiger partial charge on any atom is 0.243 e. The molecule has 0 fully saturated rings. The number of halogens is 1. The van der Waals surface area contributed by atoms with Gasteiger partial charge >= 0.3 is 0 Å². The molecule has 0 aliphatic carbocycles. The molecule has 0 unspecified atom stereocenters. The highest BCUT2D eigenvalue weighted by Crippen LogP contribution is 2.01. The van der Waals surface area contributed by atoms with Gasteiger partial charge in [0.15, 0.2) is 0 Å². The van der Waals surface area contributed by atoms with E-state index in [4.69, 9.17) is 10.5 Å². The number of benzene rings is 1. The summed E-state index contributed by atoms with van der Waals surface area (Å²) in [5, 5.41) is 3.10. The second-order valence-electron chi connectivity index (χ2n) is 3.32. The first-order valence-electron chi connectivity index (χ1n) is 4.99. The number of carbonyl (C=O) groups is 1. The molecule has 0 saturated heterocycles. The van der Waals surface area contributed by atoms with Gasteiger partial charge in [-0.2, -0.15) is 0 Å². The van der Waals surface area contributed by atoms with Crippen LogP contribution in [0.2, 0.25) is 0 Å². The zero-order chi connectivity index (χ0) is 11.8. The third kappa shape index (κ3) is 5.43. The average molecular weight is 226 g/mol. The van der Waals surface area contributed by atoms with Gasteiger partial charge in [0, 0.05) is 13.1 Å². The molecule has 0 aliphatic heterocycles. The van der Waals surface area contributed by atoms with Crippen LogP contribution in [0.15, 0.2) is 24.3 Å². The minimum Gasteiger partial charge on any atom is -0.370 e. The molecule has 0 aliphatic rings. The van der Waals surface area contributed by atoms with Gasteiger partial charge in [-0.25, -0.2) is 4.39 Å². The predicted octanol–water partition coefficient (Wildman–Crippen LogP) is 0.417. The molecular formula is C11H15FN2O2. The van der Waals surface area contributed by atoms with Crippen LogP contribution in [-0.2, 0) is 16.1 Å². The maximum absolute atomic E-state index is 12.6. The second-order valence-corrected chi connectivity index (χ2v) is 3.32. The van der Waals surface area contributed by atoms with Crippen molar-refractivity contribution in [3.63, 3.8) is 0 Å². The van der Waals surface area contributed by atoms with E-state index in [9.17, 15) is 9.18 Å². The normalized spacial score (nSPS) is 10.3. The zero-order valence-electron chi connectivity index (χ0n) is 8.91. The van der Waals surface area contributed by atoms with Crippen LogP contribution in [0.3, 0.4) is 0 Å². The molecule has 0 atom stereocenters. The number of ether oxygens (including phenoxy) is 1.